The zero-order chi connectivity index (χ0) is 15.5. The highest BCUT2D eigenvalue weighted by molar-refractivity contribution is 9.10. The number of benzene rings is 1. The fourth-order valence-corrected chi connectivity index (χ4v) is 3.50. The van der Waals surface area contributed by atoms with Gasteiger partial charge in [-0.3, -0.25) is 0 Å². The van der Waals surface area contributed by atoms with E-state index in [1.165, 1.54) is 18.4 Å². The van der Waals surface area contributed by atoms with E-state index in [9.17, 15) is 13.5 Å². The fraction of sp³-hybridized carbons (Fsp3) is 0.286. The minimum absolute atomic E-state index is 0.149. The molecule has 114 valence electrons. The molecule has 0 amide bonds. The molecule has 0 aliphatic heterocycles. The van der Waals surface area contributed by atoms with Crippen LogP contribution in [-0.2, 0) is 10.0 Å². The van der Waals surface area contributed by atoms with Gasteiger partial charge in [0.25, 0.3) is 0 Å². The van der Waals surface area contributed by atoms with Gasteiger partial charge in [0.1, 0.15) is 5.76 Å². The van der Waals surface area contributed by atoms with Crippen molar-refractivity contribution in [2.45, 2.75) is 23.8 Å². The Labute approximate surface area is 132 Å². The molecule has 5 nitrogen and oxygen atoms in total. The van der Waals surface area contributed by atoms with Gasteiger partial charge < -0.3 is 9.52 Å². The molecule has 2 rings (SSSR count). The molecule has 2 aromatic rings. The van der Waals surface area contributed by atoms with E-state index in [0.717, 1.165) is 4.47 Å². The number of sulfonamides is 1. The maximum atomic E-state index is 12.3. The Hall–Kier alpha value is -1.15. The number of aliphatic hydroxyl groups excluding tert-OH is 1. The summed E-state index contributed by atoms with van der Waals surface area (Å²) in [5.74, 6) is 0.336. The van der Waals surface area contributed by atoms with Crippen LogP contribution in [0.3, 0.4) is 0 Å². The lowest BCUT2D eigenvalue weighted by atomic mass is 10.0. The van der Waals surface area contributed by atoms with E-state index in [-0.39, 0.29) is 17.4 Å². The third-order valence-electron chi connectivity index (χ3n) is 3.22. The van der Waals surface area contributed by atoms with E-state index >= 15 is 0 Å². The van der Waals surface area contributed by atoms with Crippen LogP contribution >= 0.6 is 15.9 Å². The molecule has 0 unspecified atom stereocenters. The predicted octanol–water partition coefficient (Wildman–Crippen LogP) is 2.49. The van der Waals surface area contributed by atoms with Gasteiger partial charge in [-0.15, -0.1) is 0 Å². The lowest BCUT2D eigenvalue weighted by molar-refractivity contribution is 0.234. The van der Waals surface area contributed by atoms with Gasteiger partial charge >= 0.3 is 0 Å². The summed E-state index contributed by atoms with van der Waals surface area (Å²) in [4.78, 5) is 0.149. The van der Waals surface area contributed by atoms with Gasteiger partial charge in [-0.1, -0.05) is 22.9 Å². The van der Waals surface area contributed by atoms with Gasteiger partial charge in [-0.2, -0.15) is 0 Å². The van der Waals surface area contributed by atoms with Crippen LogP contribution in [0.2, 0.25) is 0 Å². The highest BCUT2D eigenvalue weighted by Gasteiger charge is 2.26. The molecule has 0 saturated heterocycles. The normalized spacial score (nSPS) is 14.8. The molecule has 7 heteroatoms. The van der Waals surface area contributed by atoms with Crippen LogP contribution in [0.15, 0.2) is 56.4 Å². The molecule has 1 heterocycles. The molecule has 0 saturated carbocycles. The summed E-state index contributed by atoms with van der Waals surface area (Å²) >= 11 is 3.26. The molecule has 2 N–H and O–H groups in total. The summed E-state index contributed by atoms with van der Waals surface area (Å²) in [6.07, 6.45) is 1.52. The smallest absolute Gasteiger partial charge is 0.240 e. The van der Waals surface area contributed by atoms with Crippen LogP contribution in [0.5, 0.6) is 0 Å². The molecule has 0 bridgehead atoms. The molecule has 0 aliphatic rings. The van der Waals surface area contributed by atoms with Crippen molar-refractivity contribution in [2.75, 3.05) is 6.61 Å². The van der Waals surface area contributed by atoms with Gasteiger partial charge in [-0.05, 0) is 36.4 Å². The van der Waals surface area contributed by atoms with Crippen molar-refractivity contribution in [1.82, 2.24) is 4.72 Å². The molecular formula is C14H16BrNO4S. The summed E-state index contributed by atoms with van der Waals surface area (Å²) in [7, 11) is -3.70. The van der Waals surface area contributed by atoms with Gasteiger partial charge in [-0.25, -0.2) is 13.1 Å². The summed E-state index contributed by atoms with van der Waals surface area (Å²) in [6, 6.07) is 9.11. The van der Waals surface area contributed by atoms with Crippen LogP contribution in [0, 0.1) is 0 Å². The molecule has 0 spiro atoms. The number of aliphatic hydroxyl groups is 1. The monoisotopic (exact) mass is 373 g/mol. The standard InChI is InChI=1S/C14H16BrNO4S/c1-10(14-3-2-8-20-14)13(9-17)16-21(18,19)12-6-4-11(15)5-7-12/h2-8,10,13,16-17H,9H2,1H3/t10-,13-/m1/s1. The van der Waals surface area contributed by atoms with Crippen LogP contribution in [0.1, 0.15) is 18.6 Å². The Morgan fingerprint density at radius 3 is 2.48 bits per heavy atom. The fourth-order valence-electron chi connectivity index (χ4n) is 1.93. The summed E-state index contributed by atoms with van der Waals surface area (Å²) in [6.45, 7) is 1.47. The second-order valence-corrected chi connectivity index (χ2v) is 7.30. The van der Waals surface area contributed by atoms with Crippen LogP contribution < -0.4 is 4.72 Å². The van der Waals surface area contributed by atoms with Crippen molar-refractivity contribution in [3.8, 4) is 0 Å². The zero-order valence-corrected chi connectivity index (χ0v) is 13.8. The largest absolute Gasteiger partial charge is 0.469 e. The van der Waals surface area contributed by atoms with E-state index < -0.39 is 16.1 Å². The van der Waals surface area contributed by atoms with Crippen molar-refractivity contribution >= 4 is 26.0 Å². The van der Waals surface area contributed by atoms with Crippen molar-refractivity contribution < 1.29 is 17.9 Å². The topological polar surface area (TPSA) is 79.5 Å². The van der Waals surface area contributed by atoms with E-state index in [1.807, 2.05) is 0 Å². The first-order valence-corrected chi connectivity index (χ1v) is 8.64. The number of hydrogen-bond acceptors (Lipinski definition) is 4. The Morgan fingerprint density at radius 1 is 1.29 bits per heavy atom. The number of furan rings is 1. The number of nitrogens with one attached hydrogen (secondary N) is 1. The van der Waals surface area contributed by atoms with E-state index in [2.05, 4.69) is 20.7 Å². The van der Waals surface area contributed by atoms with Gasteiger partial charge in [0.05, 0.1) is 23.8 Å². The average Bonchev–Trinajstić information content (AvgIpc) is 2.98. The number of halogens is 1. The van der Waals surface area contributed by atoms with E-state index in [4.69, 9.17) is 4.42 Å². The third kappa shape index (κ3) is 3.94. The summed E-state index contributed by atoms with van der Waals surface area (Å²) < 4.78 is 33.2. The molecule has 1 aromatic carbocycles. The van der Waals surface area contributed by atoms with Crippen molar-refractivity contribution in [3.63, 3.8) is 0 Å². The van der Waals surface area contributed by atoms with E-state index in [1.54, 1.807) is 31.2 Å². The predicted molar refractivity (Wildman–Crippen MR) is 82.5 cm³/mol. The average molecular weight is 374 g/mol. The van der Waals surface area contributed by atoms with Gasteiger partial charge in [0.2, 0.25) is 10.0 Å². The minimum Gasteiger partial charge on any atom is -0.469 e. The first kappa shape index (κ1) is 16.2. The quantitative estimate of drug-likeness (QED) is 0.814. The lowest BCUT2D eigenvalue weighted by Gasteiger charge is -2.21. The molecule has 0 fully saturated rings. The molecular weight excluding hydrogens is 358 g/mol. The minimum atomic E-state index is -3.70. The molecule has 2 atom stereocenters. The highest BCUT2D eigenvalue weighted by Crippen LogP contribution is 2.22. The zero-order valence-electron chi connectivity index (χ0n) is 11.4. The lowest BCUT2D eigenvalue weighted by Crippen LogP contribution is -2.40. The Balaban J connectivity index is 2.19. The first-order chi connectivity index (χ1) is 9.94. The Kier molecular flexibility index (Phi) is 5.21. The number of hydrogen-bond donors (Lipinski definition) is 2. The Morgan fingerprint density at radius 2 is 1.95 bits per heavy atom. The maximum Gasteiger partial charge on any atom is 0.240 e. The molecule has 1 aromatic heterocycles. The molecule has 21 heavy (non-hydrogen) atoms. The van der Waals surface area contributed by atoms with Gasteiger partial charge in [0.15, 0.2) is 0 Å². The summed E-state index contributed by atoms with van der Waals surface area (Å²) in [5.41, 5.74) is 0. The summed E-state index contributed by atoms with van der Waals surface area (Å²) in [5, 5.41) is 9.47. The second-order valence-electron chi connectivity index (χ2n) is 4.67. The maximum absolute atomic E-state index is 12.3. The van der Waals surface area contributed by atoms with Crippen molar-refractivity contribution in [2.24, 2.45) is 0 Å². The van der Waals surface area contributed by atoms with Crippen molar-refractivity contribution in [1.29, 1.82) is 0 Å². The second kappa shape index (κ2) is 6.74. The van der Waals surface area contributed by atoms with Gasteiger partial charge in [0, 0.05) is 10.4 Å². The van der Waals surface area contributed by atoms with Crippen molar-refractivity contribution in [3.05, 3.63) is 52.9 Å². The molecule has 0 aliphatic carbocycles. The van der Waals surface area contributed by atoms with Crippen LogP contribution in [0.25, 0.3) is 0 Å². The molecule has 0 radical (unpaired) electrons. The van der Waals surface area contributed by atoms with E-state index in [0.29, 0.717) is 5.76 Å². The van der Waals surface area contributed by atoms with Crippen LogP contribution in [-0.4, -0.2) is 26.2 Å². The Bertz CT molecular complexity index is 668. The highest BCUT2D eigenvalue weighted by atomic mass is 79.9. The SMILES string of the molecule is C[C@@H](c1ccco1)[C@@H](CO)NS(=O)(=O)c1ccc(Br)cc1. The van der Waals surface area contributed by atoms with Crippen LogP contribution in [0.4, 0.5) is 0 Å². The first-order valence-electron chi connectivity index (χ1n) is 6.36. The number of rotatable bonds is 6. The third-order valence-corrected chi connectivity index (χ3v) is 5.26.